The maximum absolute atomic E-state index is 13.9. The number of piperidine rings is 1. The van der Waals surface area contributed by atoms with E-state index in [2.05, 4.69) is 10.6 Å². The van der Waals surface area contributed by atoms with Crippen molar-refractivity contribution in [3.05, 3.63) is 58.9 Å². The Morgan fingerprint density at radius 1 is 1.13 bits per heavy atom. The van der Waals surface area contributed by atoms with Gasteiger partial charge in [0.2, 0.25) is 5.91 Å². The van der Waals surface area contributed by atoms with E-state index < -0.39 is 17.9 Å². The molecule has 1 saturated carbocycles. The number of benzene rings is 2. The van der Waals surface area contributed by atoms with Crippen molar-refractivity contribution in [1.82, 2.24) is 5.32 Å². The third-order valence-electron chi connectivity index (χ3n) is 6.00. The molecule has 0 radical (unpaired) electrons. The van der Waals surface area contributed by atoms with Crippen molar-refractivity contribution in [2.45, 2.75) is 50.2 Å². The first-order valence-corrected chi connectivity index (χ1v) is 10.9. The predicted octanol–water partition coefficient (Wildman–Crippen LogP) is 4.42. The second-order valence-corrected chi connectivity index (χ2v) is 8.60. The van der Waals surface area contributed by atoms with Crippen LogP contribution in [0.3, 0.4) is 0 Å². The normalized spacial score (nSPS) is 23.6. The zero-order chi connectivity index (χ0) is 22.0. The highest BCUT2D eigenvalue weighted by Crippen LogP contribution is 2.35. The molecule has 2 aromatic rings. The Hall–Kier alpha value is -2.64. The van der Waals surface area contributed by atoms with Gasteiger partial charge in [-0.3, -0.25) is 4.79 Å². The van der Waals surface area contributed by atoms with E-state index >= 15 is 0 Å². The molecule has 6 nitrogen and oxygen atoms in total. The first-order valence-electron chi connectivity index (χ1n) is 10.5. The van der Waals surface area contributed by atoms with Gasteiger partial charge in [-0.15, -0.1) is 0 Å². The molecule has 3 amide bonds. The molecule has 1 saturated heterocycles. The fraction of sp³-hybridized carbons (Fsp3) is 0.391. The lowest BCUT2D eigenvalue weighted by Gasteiger charge is -2.33. The Balaban J connectivity index is 1.39. The van der Waals surface area contributed by atoms with E-state index in [1.165, 1.54) is 17.7 Å². The van der Waals surface area contributed by atoms with E-state index in [4.69, 9.17) is 11.6 Å². The van der Waals surface area contributed by atoms with Crippen molar-refractivity contribution in [3.8, 4) is 0 Å². The van der Waals surface area contributed by atoms with Crippen LogP contribution in [0.4, 0.5) is 20.6 Å². The van der Waals surface area contributed by atoms with Crippen LogP contribution in [0.2, 0.25) is 5.02 Å². The molecule has 0 spiro atoms. The highest BCUT2D eigenvalue weighted by molar-refractivity contribution is 6.30. The maximum atomic E-state index is 13.9. The molecule has 3 N–H and O–H groups in total. The first kappa shape index (κ1) is 21.6. The molecule has 4 rings (SSSR count). The topological polar surface area (TPSA) is 81.7 Å². The number of rotatable bonds is 4. The molecular formula is C23H25ClFN3O3. The number of aliphatic hydroxyl groups excluding tert-OH is 1. The molecule has 2 aliphatic rings. The quantitative estimate of drug-likeness (QED) is 0.651. The van der Waals surface area contributed by atoms with E-state index in [0.29, 0.717) is 18.9 Å². The Morgan fingerprint density at radius 2 is 1.90 bits per heavy atom. The van der Waals surface area contributed by atoms with E-state index in [0.717, 1.165) is 37.4 Å². The Labute approximate surface area is 185 Å². The SMILES string of the molecule is O=C(Nc1ccc(Cl)cc1F)NC1CCCN(c2ccc(C3CCC(O)C3)cc2)C1=O. The summed E-state index contributed by atoms with van der Waals surface area (Å²) in [6.45, 7) is 0.575. The number of halogens is 2. The minimum atomic E-state index is -0.686. The van der Waals surface area contributed by atoms with Gasteiger partial charge < -0.3 is 20.6 Å². The number of urea groups is 1. The van der Waals surface area contributed by atoms with E-state index in [-0.39, 0.29) is 22.7 Å². The van der Waals surface area contributed by atoms with Crippen LogP contribution in [-0.2, 0) is 4.79 Å². The minimum Gasteiger partial charge on any atom is -0.393 e. The summed E-state index contributed by atoms with van der Waals surface area (Å²) in [5.41, 5.74) is 1.95. The third kappa shape index (κ3) is 4.99. The lowest BCUT2D eigenvalue weighted by Crippen LogP contribution is -2.53. The summed E-state index contributed by atoms with van der Waals surface area (Å²) in [6.07, 6.45) is 3.60. The summed E-state index contributed by atoms with van der Waals surface area (Å²) in [5, 5.41) is 15.1. The number of carbonyl (C=O) groups excluding carboxylic acids is 2. The Kier molecular flexibility index (Phi) is 6.43. The van der Waals surface area contributed by atoms with Gasteiger partial charge in [0.05, 0.1) is 11.8 Å². The van der Waals surface area contributed by atoms with Crippen LogP contribution in [0.25, 0.3) is 0 Å². The van der Waals surface area contributed by atoms with Crippen LogP contribution in [0.15, 0.2) is 42.5 Å². The van der Waals surface area contributed by atoms with Crippen molar-refractivity contribution in [3.63, 3.8) is 0 Å². The van der Waals surface area contributed by atoms with Gasteiger partial charge in [-0.1, -0.05) is 23.7 Å². The van der Waals surface area contributed by atoms with Crippen molar-refractivity contribution < 1.29 is 19.1 Å². The van der Waals surface area contributed by atoms with Gasteiger partial charge in [0.25, 0.3) is 0 Å². The molecule has 8 heteroatoms. The average molecular weight is 446 g/mol. The molecule has 3 atom stereocenters. The zero-order valence-corrected chi connectivity index (χ0v) is 17.7. The fourth-order valence-corrected chi connectivity index (χ4v) is 4.52. The highest BCUT2D eigenvalue weighted by Gasteiger charge is 2.31. The van der Waals surface area contributed by atoms with E-state index in [9.17, 15) is 19.1 Å². The number of aliphatic hydroxyl groups is 1. The van der Waals surface area contributed by atoms with Gasteiger partial charge in [0, 0.05) is 17.3 Å². The minimum absolute atomic E-state index is 0.00497. The van der Waals surface area contributed by atoms with Gasteiger partial charge in [-0.25, -0.2) is 9.18 Å². The van der Waals surface area contributed by atoms with E-state index in [1.54, 1.807) is 4.90 Å². The van der Waals surface area contributed by atoms with Crippen molar-refractivity contribution in [2.24, 2.45) is 0 Å². The number of nitrogens with zero attached hydrogens (tertiary/aromatic N) is 1. The lowest BCUT2D eigenvalue weighted by atomic mass is 9.96. The summed E-state index contributed by atoms with van der Waals surface area (Å²) in [5.74, 6) is -0.483. The monoisotopic (exact) mass is 445 g/mol. The summed E-state index contributed by atoms with van der Waals surface area (Å²) in [4.78, 5) is 27.0. The molecule has 31 heavy (non-hydrogen) atoms. The van der Waals surface area contributed by atoms with Gasteiger partial charge in [-0.05, 0) is 73.9 Å². The summed E-state index contributed by atoms with van der Waals surface area (Å²) in [6, 6.07) is 10.5. The highest BCUT2D eigenvalue weighted by atomic mass is 35.5. The largest absolute Gasteiger partial charge is 0.393 e. The molecule has 1 aliphatic carbocycles. The maximum Gasteiger partial charge on any atom is 0.319 e. The molecule has 1 heterocycles. The molecule has 2 fully saturated rings. The molecule has 2 aromatic carbocycles. The van der Waals surface area contributed by atoms with E-state index in [1.807, 2.05) is 24.3 Å². The van der Waals surface area contributed by atoms with Crippen molar-refractivity contribution in [2.75, 3.05) is 16.8 Å². The number of carbonyl (C=O) groups is 2. The average Bonchev–Trinajstić information content (AvgIpc) is 3.18. The van der Waals surface area contributed by atoms with Crippen LogP contribution in [0.1, 0.15) is 43.6 Å². The van der Waals surface area contributed by atoms with Gasteiger partial charge in [-0.2, -0.15) is 0 Å². The van der Waals surface area contributed by atoms with Gasteiger partial charge >= 0.3 is 6.03 Å². The molecule has 0 bridgehead atoms. The molecular weight excluding hydrogens is 421 g/mol. The number of hydrogen-bond acceptors (Lipinski definition) is 3. The number of hydrogen-bond donors (Lipinski definition) is 3. The van der Waals surface area contributed by atoms with Crippen LogP contribution in [-0.4, -0.2) is 35.7 Å². The van der Waals surface area contributed by atoms with Crippen LogP contribution in [0.5, 0.6) is 0 Å². The molecule has 0 aromatic heterocycles. The predicted molar refractivity (Wildman–Crippen MR) is 118 cm³/mol. The van der Waals surface area contributed by atoms with Crippen LogP contribution in [0, 0.1) is 5.82 Å². The van der Waals surface area contributed by atoms with Crippen molar-refractivity contribution in [1.29, 1.82) is 0 Å². The Morgan fingerprint density at radius 3 is 2.58 bits per heavy atom. The van der Waals surface area contributed by atoms with Crippen LogP contribution >= 0.6 is 11.6 Å². The first-order chi connectivity index (χ1) is 14.9. The summed E-state index contributed by atoms with van der Waals surface area (Å²) in [7, 11) is 0. The molecule has 164 valence electrons. The smallest absolute Gasteiger partial charge is 0.319 e. The zero-order valence-electron chi connectivity index (χ0n) is 17.0. The summed E-state index contributed by atoms with van der Waals surface area (Å²) < 4.78 is 13.9. The fourth-order valence-electron chi connectivity index (χ4n) is 4.36. The second kappa shape index (κ2) is 9.24. The van der Waals surface area contributed by atoms with Crippen molar-refractivity contribution >= 4 is 34.9 Å². The molecule has 3 unspecified atom stereocenters. The van der Waals surface area contributed by atoms with Gasteiger partial charge in [0.1, 0.15) is 11.9 Å². The lowest BCUT2D eigenvalue weighted by molar-refractivity contribution is -0.121. The summed E-state index contributed by atoms with van der Waals surface area (Å²) >= 11 is 5.73. The number of nitrogens with one attached hydrogen (secondary N) is 2. The number of amides is 3. The number of anilines is 2. The standard InChI is InChI=1S/C23H25ClFN3O3/c24-16-6-10-20(19(25)13-16)26-23(31)27-21-2-1-11-28(22(21)30)17-7-3-14(4-8-17)15-5-9-18(29)12-15/h3-4,6-8,10,13,15,18,21,29H,1-2,5,9,11-12H2,(H2,26,27,31). The molecule has 1 aliphatic heterocycles. The second-order valence-electron chi connectivity index (χ2n) is 8.16. The van der Waals surface area contributed by atoms with Crippen LogP contribution < -0.4 is 15.5 Å². The Bertz CT molecular complexity index is 969. The van der Waals surface area contributed by atoms with Gasteiger partial charge in [0.15, 0.2) is 0 Å². The third-order valence-corrected chi connectivity index (χ3v) is 6.24.